The van der Waals surface area contributed by atoms with Crippen LogP contribution in [0.5, 0.6) is 0 Å². The monoisotopic (exact) mass is 265 g/mol. The zero-order valence-electron chi connectivity index (χ0n) is 11.9. The highest BCUT2D eigenvalue weighted by molar-refractivity contribution is 7.98. The van der Waals surface area contributed by atoms with Gasteiger partial charge in [0.1, 0.15) is 0 Å². The van der Waals surface area contributed by atoms with Gasteiger partial charge in [0.2, 0.25) is 0 Å². The standard InChI is InChI=1S/C16H27NS/c1-3-4-5-6-10-17-11-12-18-14-16-9-7-8-15(2)13-16/h7-9,13,17H,3-6,10-12,14H2,1-2H3. The molecule has 0 amide bonds. The average molecular weight is 265 g/mol. The molecule has 0 atom stereocenters. The molecule has 0 heterocycles. The van der Waals surface area contributed by atoms with Crippen molar-refractivity contribution >= 4 is 11.8 Å². The normalized spacial score (nSPS) is 10.8. The van der Waals surface area contributed by atoms with Gasteiger partial charge < -0.3 is 5.32 Å². The second-order valence-corrected chi connectivity index (χ2v) is 5.96. The molecule has 2 heteroatoms. The molecule has 1 nitrogen and oxygen atoms in total. The molecule has 0 radical (unpaired) electrons. The van der Waals surface area contributed by atoms with Crippen molar-refractivity contribution in [2.45, 2.75) is 45.3 Å². The van der Waals surface area contributed by atoms with Crippen molar-refractivity contribution in [2.24, 2.45) is 0 Å². The van der Waals surface area contributed by atoms with Crippen molar-refractivity contribution in [1.82, 2.24) is 5.32 Å². The summed E-state index contributed by atoms with van der Waals surface area (Å²) in [7, 11) is 0. The van der Waals surface area contributed by atoms with Crippen LogP contribution < -0.4 is 5.32 Å². The summed E-state index contributed by atoms with van der Waals surface area (Å²) in [4.78, 5) is 0. The highest BCUT2D eigenvalue weighted by Gasteiger charge is 1.94. The lowest BCUT2D eigenvalue weighted by molar-refractivity contribution is 0.613. The maximum atomic E-state index is 3.52. The zero-order valence-corrected chi connectivity index (χ0v) is 12.7. The predicted octanol–water partition coefficient (Wildman–Crippen LogP) is 4.40. The van der Waals surface area contributed by atoms with Gasteiger partial charge in [-0.3, -0.25) is 0 Å². The van der Waals surface area contributed by atoms with Crippen LogP contribution in [0.3, 0.4) is 0 Å². The highest BCUT2D eigenvalue weighted by Crippen LogP contribution is 2.12. The fourth-order valence-electron chi connectivity index (χ4n) is 1.94. The molecule has 1 N–H and O–H groups in total. The van der Waals surface area contributed by atoms with Crippen LogP contribution in [0.25, 0.3) is 0 Å². The van der Waals surface area contributed by atoms with Gasteiger partial charge in [0.25, 0.3) is 0 Å². The van der Waals surface area contributed by atoms with Gasteiger partial charge in [-0.05, 0) is 25.5 Å². The molecule has 0 aromatic heterocycles. The Morgan fingerprint density at radius 1 is 1.11 bits per heavy atom. The van der Waals surface area contributed by atoms with E-state index < -0.39 is 0 Å². The summed E-state index contributed by atoms with van der Waals surface area (Å²) in [5, 5.41) is 3.52. The minimum atomic E-state index is 1.14. The molecule has 1 rings (SSSR count). The van der Waals surface area contributed by atoms with Crippen molar-refractivity contribution in [3.8, 4) is 0 Å². The predicted molar refractivity (Wildman–Crippen MR) is 84.4 cm³/mol. The largest absolute Gasteiger partial charge is 0.316 e. The summed E-state index contributed by atoms with van der Waals surface area (Å²) in [6.45, 7) is 6.75. The van der Waals surface area contributed by atoms with Crippen molar-refractivity contribution in [3.05, 3.63) is 35.4 Å². The van der Waals surface area contributed by atoms with E-state index in [4.69, 9.17) is 0 Å². The first-order valence-corrected chi connectivity index (χ1v) is 8.32. The van der Waals surface area contributed by atoms with E-state index in [1.54, 1.807) is 0 Å². The number of unbranched alkanes of at least 4 members (excludes halogenated alkanes) is 3. The Kier molecular flexibility index (Phi) is 9.05. The molecule has 0 saturated heterocycles. The third-order valence-corrected chi connectivity index (χ3v) is 4.01. The first-order chi connectivity index (χ1) is 8.83. The van der Waals surface area contributed by atoms with E-state index in [0.29, 0.717) is 0 Å². The second-order valence-electron chi connectivity index (χ2n) is 4.85. The SMILES string of the molecule is CCCCCCNCCSCc1cccc(C)c1. The molecule has 0 spiro atoms. The van der Waals surface area contributed by atoms with Gasteiger partial charge in [-0.2, -0.15) is 11.8 Å². The highest BCUT2D eigenvalue weighted by atomic mass is 32.2. The maximum absolute atomic E-state index is 3.52. The fourth-order valence-corrected chi connectivity index (χ4v) is 2.79. The Hall–Kier alpha value is -0.470. The van der Waals surface area contributed by atoms with Crippen LogP contribution >= 0.6 is 11.8 Å². The minimum absolute atomic E-state index is 1.14. The van der Waals surface area contributed by atoms with E-state index in [-0.39, 0.29) is 0 Å². The molecule has 102 valence electrons. The molecule has 0 unspecified atom stereocenters. The van der Waals surface area contributed by atoms with Gasteiger partial charge in [0.15, 0.2) is 0 Å². The molecule has 0 saturated carbocycles. The second kappa shape index (κ2) is 10.5. The first-order valence-electron chi connectivity index (χ1n) is 7.17. The zero-order chi connectivity index (χ0) is 13.1. The quantitative estimate of drug-likeness (QED) is 0.629. The van der Waals surface area contributed by atoms with Crippen LogP contribution in [0.1, 0.15) is 43.7 Å². The van der Waals surface area contributed by atoms with Crippen LogP contribution in [0, 0.1) is 6.92 Å². The number of benzene rings is 1. The topological polar surface area (TPSA) is 12.0 Å². The van der Waals surface area contributed by atoms with Crippen molar-refractivity contribution in [1.29, 1.82) is 0 Å². The van der Waals surface area contributed by atoms with Gasteiger partial charge >= 0.3 is 0 Å². The number of aryl methyl sites for hydroxylation is 1. The molecular formula is C16H27NS. The van der Waals surface area contributed by atoms with Crippen LogP contribution in [0.15, 0.2) is 24.3 Å². The summed E-state index contributed by atoms with van der Waals surface area (Å²) < 4.78 is 0. The van der Waals surface area contributed by atoms with Gasteiger partial charge in [-0.25, -0.2) is 0 Å². The fraction of sp³-hybridized carbons (Fsp3) is 0.625. The molecule has 0 bridgehead atoms. The first kappa shape index (κ1) is 15.6. The Morgan fingerprint density at radius 2 is 2.00 bits per heavy atom. The van der Waals surface area contributed by atoms with E-state index >= 15 is 0 Å². The van der Waals surface area contributed by atoms with Gasteiger partial charge in [0.05, 0.1) is 0 Å². The summed E-state index contributed by atoms with van der Waals surface area (Å²) in [6.07, 6.45) is 5.41. The minimum Gasteiger partial charge on any atom is -0.316 e. The van der Waals surface area contributed by atoms with Crippen molar-refractivity contribution < 1.29 is 0 Å². The van der Waals surface area contributed by atoms with Crippen LogP contribution in [-0.4, -0.2) is 18.8 Å². The summed E-state index contributed by atoms with van der Waals surface area (Å²) >= 11 is 2.02. The van der Waals surface area contributed by atoms with Gasteiger partial charge in [0, 0.05) is 18.1 Å². The summed E-state index contributed by atoms with van der Waals surface area (Å²) in [5.74, 6) is 2.35. The molecular weight excluding hydrogens is 238 g/mol. The number of nitrogens with one attached hydrogen (secondary N) is 1. The summed E-state index contributed by atoms with van der Waals surface area (Å²) in [5.41, 5.74) is 2.81. The van der Waals surface area contributed by atoms with E-state index in [9.17, 15) is 0 Å². The lowest BCUT2D eigenvalue weighted by Gasteiger charge is -2.05. The number of rotatable bonds is 10. The average Bonchev–Trinajstić information content (AvgIpc) is 2.37. The molecule has 0 aliphatic carbocycles. The molecule has 1 aromatic rings. The molecule has 1 aromatic carbocycles. The van der Waals surface area contributed by atoms with Crippen molar-refractivity contribution in [3.63, 3.8) is 0 Å². The maximum Gasteiger partial charge on any atom is 0.0185 e. The number of hydrogen-bond donors (Lipinski definition) is 1. The lowest BCUT2D eigenvalue weighted by atomic mass is 10.2. The lowest BCUT2D eigenvalue weighted by Crippen LogP contribution is -2.18. The van der Waals surface area contributed by atoms with E-state index in [2.05, 4.69) is 43.4 Å². The smallest absolute Gasteiger partial charge is 0.0185 e. The van der Waals surface area contributed by atoms with Crippen LogP contribution in [0.4, 0.5) is 0 Å². The molecule has 0 aliphatic rings. The summed E-state index contributed by atoms with van der Waals surface area (Å²) in [6, 6.07) is 8.81. The van der Waals surface area contributed by atoms with E-state index in [1.165, 1.54) is 49.1 Å². The third-order valence-electron chi connectivity index (χ3n) is 2.98. The number of thioether (sulfide) groups is 1. The Balaban J connectivity index is 1.92. The Labute approximate surface area is 117 Å². The molecule has 18 heavy (non-hydrogen) atoms. The Morgan fingerprint density at radius 3 is 2.78 bits per heavy atom. The van der Waals surface area contributed by atoms with Gasteiger partial charge in [-0.1, -0.05) is 56.0 Å². The van der Waals surface area contributed by atoms with Crippen LogP contribution in [-0.2, 0) is 5.75 Å². The van der Waals surface area contributed by atoms with Crippen LogP contribution in [0.2, 0.25) is 0 Å². The number of hydrogen-bond acceptors (Lipinski definition) is 2. The molecule has 0 fully saturated rings. The van der Waals surface area contributed by atoms with Gasteiger partial charge in [-0.15, -0.1) is 0 Å². The Bertz CT molecular complexity index is 312. The third kappa shape index (κ3) is 7.78. The molecule has 0 aliphatic heterocycles. The van der Waals surface area contributed by atoms with E-state index in [1.807, 2.05) is 11.8 Å². The van der Waals surface area contributed by atoms with E-state index in [0.717, 1.165) is 12.3 Å². The van der Waals surface area contributed by atoms with Crippen molar-refractivity contribution in [2.75, 3.05) is 18.8 Å².